The van der Waals surface area contributed by atoms with Crippen molar-refractivity contribution in [2.75, 3.05) is 5.73 Å². The minimum absolute atomic E-state index is 0.573. The number of rotatable bonds is 1. The van der Waals surface area contributed by atoms with E-state index < -0.39 is 0 Å². The molecule has 0 aliphatic rings. The zero-order valence-electron chi connectivity index (χ0n) is 8.63. The predicted molar refractivity (Wildman–Crippen MR) is 62.9 cm³/mol. The number of anilines is 1. The lowest BCUT2D eigenvalue weighted by molar-refractivity contribution is 1.10. The van der Waals surface area contributed by atoms with Crippen molar-refractivity contribution in [2.45, 2.75) is 13.8 Å². The molecule has 0 saturated heterocycles. The molecule has 15 heavy (non-hydrogen) atoms. The molecular formula is C11H12ClN3. The molecule has 1 aromatic carbocycles. The van der Waals surface area contributed by atoms with Crippen molar-refractivity contribution >= 4 is 17.4 Å². The van der Waals surface area contributed by atoms with E-state index >= 15 is 0 Å². The molecule has 0 atom stereocenters. The minimum atomic E-state index is 0.573. The van der Waals surface area contributed by atoms with Gasteiger partial charge < -0.3 is 5.73 Å². The van der Waals surface area contributed by atoms with Crippen LogP contribution in [-0.4, -0.2) is 10.2 Å². The van der Waals surface area contributed by atoms with Gasteiger partial charge in [0.1, 0.15) is 5.82 Å². The molecule has 1 aromatic heterocycles. The maximum atomic E-state index is 6.08. The summed E-state index contributed by atoms with van der Waals surface area (Å²) in [5.74, 6) is 0.573. The summed E-state index contributed by atoms with van der Waals surface area (Å²) in [7, 11) is 0. The highest BCUT2D eigenvalue weighted by Crippen LogP contribution is 2.33. The van der Waals surface area contributed by atoms with Gasteiger partial charge in [0.25, 0.3) is 0 Å². The van der Waals surface area contributed by atoms with Crippen LogP contribution in [0.25, 0.3) is 11.1 Å². The average Bonchev–Trinajstić information content (AvgIpc) is 2.60. The van der Waals surface area contributed by atoms with E-state index in [9.17, 15) is 0 Å². The quantitative estimate of drug-likeness (QED) is 0.778. The molecular weight excluding hydrogens is 210 g/mol. The number of nitrogens with one attached hydrogen (secondary N) is 1. The Bertz CT molecular complexity index is 503. The van der Waals surface area contributed by atoms with Crippen molar-refractivity contribution in [1.29, 1.82) is 0 Å². The van der Waals surface area contributed by atoms with Gasteiger partial charge in [0.15, 0.2) is 0 Å². The van der Waals surface area contributed by atoms with Crippen molar-refractivity contribution < 1.29 is 0 Å². The van der Waals surface area contributed by atoms with Crippen molar-refractivity contribution in [3.05, 3.63) is 34.5 Å². The smallest absolute Gasteiger partial charge is 0.126 e. The van der Waals surface area contributed by atoms with E-state index in [1.54, 1.807) is 6.20 Å². The van der Waals surface area contributed by atoms with Gasteiger partial charge in [0, 0.05) is 10.6 Å². The molecule has 0 unspecified atom stereocenters. The van der Waals surface area contributed by atoms with Crippen LogP contribution in [0.2, 0.25) is 5.02 Å². The Morgan fingerprint density at radius 1 is 1.33 bits per heavy atom. The number of aromatic amines is 1. The van der Waals surface area contributed by atoms with E-state index in [-0.39, 0.29) is 0 Å². The molecule has 1 heterocycles. The van der Waals surface area contributed by atoms with E-state index in [0.717, 1.165) is 27.3 Å². The monoisotopic (exact) mass is 221 g/mol. The number of benzene rings is 1. The third-order valence-electron chi connectivity index (χ3n) is 2.55. The van der Waals surface area contributed by atoms with Crippen LogP contribution in [0.4, 0.5) is 5.82 Å². The number of nitrogens with zero attached hydrogens (tertiary/aromatic N) is 1. The van der Waals surface area contributed by atoms with Crippen molar-refractivity contribution in [3.8, 4) is 11.1 Å². The Morgan fingerprint density at radius 3 is 2.67 bits per heavy atom. The molecule has 0 bridgehead atoms. The van der Waals surface area contributed by atoms with E-state index in [1.165, 1.54) is 0 Å². The maximum Gasteiger partial charge on any atom is 0.126 e. The fraction of sp³-hybridized carbons (Fsp3) is 0.182. The van der Waals surface area contributed by atoms with Gasteiger partial charge in [0.2, 0.25) is 0 Å². The summed E-state index contributed by atoms with van der Waals surface area (Å²) in [4.78, 5) is 0. The number of hydrogen-bond acceptors (Lipinski definition) is 2. The summed E-state index contributed by atoms with van der Waals surface area (Å²) < 4.78 is 0. The summed E-state index contributed by atoms with van der Waals surface area (Å²) in [6.07, 6.45) is 1.72. The van der Waals surface area contributed by atoms with Crippen LogP contribution in [0.15, 0.2) is 18.3 Å². The molecule has 3 nitrogen and oxygen atoms in total. The van der Waals surface area contributed by atoms with E-state index in [0.29, 0.717) is 5.82 Å². The highest BCUT2D eigenvalue weighted by molar-refractivity contribution is 6.31. The van der Waals surface area contributed by atoms with Gasteiger partial charge in [-0.05, 0) is 36.6 Å². The molecule has 0 spiro atoms. The van der Waals surface area contributed by atoms with Gasteiger partial charge in [-0.15, -0.1) is 0 Å². The highest BCUT2D eigenvalue weighted by atomic mass is 35.5. The largest absolute Gasteiger partial charge is 0.384 e. The van der Waals surface area contributed by atoms with Crippen LogP contribution in [0.3, 0.4) is 0 Å². The highest BCUT2D eigenvalue weighted by Gasteiger charge is 2.12. The molecule has 3 N–H and O–H groups in total. The van der Waals surface area contributed by atoms with Gasteiger partial charge in [-0.3, -0.25) is 5.10 Å². The van der Waals surface area contributed by atoms with Crippen molar-refractivity contribution in [2.24, 2.45) is 0 Å². The normalized spacial score (nSPS) is 10.6. The van der Waals surface area contributed by atoms with Crippen LogP contribution < -0.4 is 5.73 Å². The third kappa shape index (κ3) is 1.59. The van der Waals surface area contributed by atoms with Crippen LogP contribution in [-0.2, 0) is 0 Å². The van der Waals surface area contributed by atoms with E-state index in [4.69, 9.17) is 17.3 Å². The van der Waals surface area contributed by atoms with Crippen LogP contribution in [0.5, 0.6) is 0 Å². The number of H-pyrrole nitrogens is 1. The summed E-state index contributed by atoms with van der Waals surface area (Å²) in [5.41, 5.74) is 9.95. The first-order chi connectivity index (χ1) is 7.11. The SMILES string of the molecule is Cc1ccc(Cl)c(C)c1-c1cn[nH]c1N. The lowest BCUT2D eigenvalue weighted by Crippen LogP contribution is -1.92. The second-order valence-corrected chi connectivity index (χ2v) is 3.97. The number of aryl methyl sites for hydroxylation is 1. The van der Waals surface area contributed by atoms with Crippen molar-refractivity contribution in [1.82, 2.24) is 10.2 Å². The Kier molecular flexibility index (Phi) is 2.40. The minimum Gasteiger partial charge on any atom is -0.384 e. The molecule has 0 amide bonds. The van der Waals surface area contributed by atoms with Crippen molar-refractivity contribution in [3.63, 3.8) is 0 Å². The Labute approximate surface area is 93.3 Å². The molecule has 0 aliphatic heterocycles. The lowest BCUT2D eigenvalue weighted by atomic mass is 9.97. The molecule has 0 fully saturated rings. The molecule has 2 aromatic rings. The van der Waals surface area contributed by atoms with Crippen LogP contribution >= 0.6 is 11.6 Å². The molecule has 0 aliphatic carbocycles. The number of halogens is 1. The van der Waals surface area contributed by atoms with Gasteiger partial charge >= 0.3 is 0 Å². The number of nitrogen functional groups attached to an aromatic ring is 1. The topological polar surface area (TPSA) is 54.7 Å². The Balaban J connectivity index is 2.72. The first-order valence-corrected chi connectivity index (χ1v) is 5.04. The van der Waals surface area contributed by atoms with Crippen LogP contribution in [0, 0.1) is 13.8 Å². The zero-order chi connectivity index (χ0) is 11.0. The number of aromatic nitrogens is 2. The standard InChI is InChI=1S/C11H12ClN3/c1-6-3-4-9(12)7(2)10(6)8-5-14-15-11(8)13/h3-5H,1-2H3,(H3,13,14,15). The summed E-state index contributed by atoms with van der Waals surface area (Å²) in [6, 6.07) is 3.88. The second kappa shape index (κ2) is 3.59. The van der Waals surface area contributed by atoms with E-state index in [1.807, 2.05) is 26.0 Å². The van der Waals surface area contributed by atoms with E-state index in [2.05, 4.69) is 10.2 Å². The number of nitrogens with two attached hydrogens (primary N) is 1. The summed E-state index contributed by atoms with van der Waals surface area (Å²) >= 11 is 6.08. The summed E-state index contributed by atoms with van der Waals surface area (Å²) in [5, 5.41) is 7.39. The Morgan fingerprint density at radius 2 is 2.07 bits per heavy atom. The molecule has 78 valence electrons. The fourth-order valence-corrected chi connectivity index (χ4v) is 1.89. The average molecular weight is 222 g/mol. The predicted octanol–water partition coefficient (Wildman–Crippen LogP) is 2.93. The van der Waals surface area contributed by atoms with Gasteiger partial charge in [-0.2, -0.15) is 5.10 Å². The molecule has 2 rings (SSSR count). The zero-order valence-corrected chi connectivity index (χ0v) is 9.39. The lowest BCUT2D eigenvalue weighted by Gasteiger charge is -2.10. The third-order valence-corrected chi connectivity index (χ3v) is 2.95. The van der Waals surface area contributed by atoms with Gasteiger partial charge in [-0.1, -0.05) is 17.7 Å². The van der Waals surface area contributed by atoms with Gasteiger partial charge in [-0.25, -0.2) is 0 Å². The first-order valence-electron chi connectivity index (χ1n) is 4.66. The number of hydrogen-bond donors (Lipinski definition) is 2. The molecule has 0 saturated carbocycles. The molecule has 4 heteroatoms. The fourth-order valence-electron chi connectivity index (χ4n) is 1.73. The summed E-state index contributed by atoms with van der Waals surface area (Å²) in [6.45, 7) is 4.02. The van der Waals surface area contributed by atoms with Gasteiger partial charge in [0.05, 0.1) is 6.20 Å². The second-order valence-electron chi connectivity index (χ2n) is 3.56. The Hall–Kier alpha value is -1.48. The maximum absolute atomic E-state index is 6.08. The van der Waals surface area contributed by atoms with Crippen LogP contribution in [0.1, 0.15) is 11.1 Å². The first kappa shape index (κ1) is 10.1. The molecule has 0 radical (unpaired) electrons.